The predicted octanol–water partition coefficient (Wildman–Crippen LogP) is 8.00. The molecule has 3 aromatic heterocycles. The fraction of sp³-hybridized carbons (Fsp3) is 0. The minimum Gasteiger partial charge on any atom is -0.505 e. The second-order valence-electron chi connectivity index (χ2n) is 9.28. The summed E-state index contributed by atoms with van der Waals surface area (Å²) in [5, 5.41) is 41.4. The first kappa shape index (κ1) is 26.1. The number of nitrogens with one attached hydrogen (secondary N) is 1. The Hall–Kier alpha value is -5.77. The summed E-state index contributed by atoms with van der Waals surface area (Å²) in [6.45, 7) is 0. The topological polar surface area (TPSA) is 141 Å². The van der Waals surface area contributed by atoms with Gasteiger partial charge in [-0.2, -0.15) is 15.0 Å². The van der Waals surface area contributed by atoms with Crippen LogP contribution >= 0.6 is 22.7 Å². The van der Waals surface area contributed by atoms with Crippen LogP contribution in [0.3, 0.4) is 0 Å². The number of fused-ring (bicyclic) bond motifs is 2. The first-order valence-electron chi connectivity index (χ1n) is 12.9. The zero-order valence-electron chi connectivity index (χ0n) is 22.0. The van der Waals surface area contributed by atoms with E-state index in [4.69, 9.17) is 4.98 Å². The number of hydrogen-bond acceptors (Lipinski definition) is 10. The fourth-order valence-electron chi connectivity index (χ4n) is 4.57. The normalized spacial score (nSPS) is 11.3. The van der Waals surface area contributed by atoms with Crippen molar-refractivity contribution in [1.29, 1.82) is 5.26 Å². The molecule has 0 saturated heterocycles. The monoisotopic (exact) mass is 598 g/mol. The summed E-state index contributed by atoms with van der Waals surface area (Å²) < 4.78 is 2.39. The number of aromatic hydroxyl groups is 1. The van der Waals surface area contributed by atoms with E-state index in [2.05, 4.69) is 31.7 Å². The maximum Gasteiger partial charge on any atom is 0.255 e. The van der Waals surface area contributed by atoms with E-state index >= 15 is 0 Å². The van der Waals surface area contributed by atoms with Crippen LogP contribution in [0, 0.1) is 11.3 Å². The van der Waals surface area contributed by atoms with E-state index in [1.807, 2.05) is 54.6 Å². The van der Waals surface area contributed by atoms with Crippen LogP contribution < -0.4 is 5.32 Å². The standard InChI is InChI=1S/C31H18N8O2S2/c32-16-20-17-34-39(31-33-12-13-42-31)28(20)38-37-26-22-11-10-18(29(41)35-21-6-2-1-3-7-21)14-19(22)15-23(27(26)40)30-36-24-8-4-5-9-25(24)43-30/h1-15,17,40H,(H,35,41). The van der Waals surface area contributed by atoms with Gasteiger partial charge in [0.1, 0.15) is 22.3 Å². The summed E-state index contributed by atoms with van der Waals surface area (Å²) in [5.41, 5.74) is 2.70. The van der Waals surface area contributed by atoms with Gasteiger partial charge in [-0.05, 0) is 47.9 Å². The number of nitrogens with zero attached hydrogens (tertiary/aromatic N) is 7. The molecule has 0 aliphatic rings. The molecule has 0 bridgehead atoms. The lowest BCUT2D eigenvalue weighted by Gasteiger charge is -2.11. The van der Waals surface area contributed by atoms with Crippen molar-refractivity contribution < 1.29 is 9.90 Å². The number of phenols is 1. The second-order valence-corrected chi connectivity index (χ2v) is 11.2. The molecule has 7 aromatic rings. The van der Waals surface area contributed by atoms with Crippen LogP contribution in [0.1, 0.15) is 15.9 Å². The second kappa shape index (κ2) is 10.9. The highest BCUT2D eigenvalue weighted by Gasteiger charge is 2.20. The summed E-state index contributed by atoms with van der Waals surface area (Å²) >= 11 is 2.76. The lowest BCUT2D eigenvalue weighted by atomic mass is 10.0. The number of carbonyl (C=O) groups excluding carboxylic acids is 1. The molecule has 1 amide bonds. The molecule has 12 heteroatoms. The Bertz CT molecular complexity index is 2180. The Kier molecular flexibility index (Phi) is 6.63. The number of thiazole rings is 2. The Morgan fingerprint density at radius 1 is 1.02 bits per heavy atom. The number of azo groups is 1. The van der Waals surface area contributed by atoms with Gasteiger partial charge >= 0.3 is 0 Å². The SMILES string of the molecule is N#Cc1cnn(-c2nccs2)c1N=Nc1c(O)c(-c2nc3ccccc3s2)cc2cc(C(=O)Nc3ccccc3)ccc12. The third-order valence-electron chi connectivity index (χ3n) is 6.61. The van der Waals surface area contributed by atoms with E-state index in [-0.39, 0.29) is 28.7 Å². The van der Waals surface area contributed by atoms with Crippen LogP contribution in [0.4, 0.5) is 17.2 Å². The number of hydrogen-bond donors (Lipinski definition) is 2. The molecule has 10 nitrogen and oxygen atoms in total. The van der Waals surface area contributed by atoms with E-state index in [9.17, 15) is 15.2 Å². The zero-order chi connectivity index (χ0) is 29.3. The van der Waals surface area contributed by atoms with E-state index in [0.717, 1.165) is 10.2 Å². The first-order valence-corrected chi connectivity index (χ1v) is 14.6. The van der Waals surface area contributed by atoms with E-state index in [1.165, 1.54) is 33.6 Å². The van der Waals surface area contributed by atoms with Crippen LogP contribution in [-0.4, -0.2) is 30.8 Å². The molecule has 2 N–H and O–H groups in total. The van der Waals surface area contributed by atoms with Crippen molar-refractivity contribution in [2.75, 3.05) is 5.32 Å². The highest BCUT2D eigenvalue weighted by atomic mass is 32.1. The van der Waals surface area contributed by atoms with Gasteiger partial charge in [0.25, 0.3) is 5.91 Å². The van der Waals surface area contributed by atoms with Gasteiger partial charge in [0.15, 0.2) is 11.6 Å². The van der Waals surface area contributed by atoms with Crippen molar-refractivity contribution >= 4 is 66.8 Å². The number of carbonyl (C=O) groups is 1. The van der Waals surface area contributed by atoms with Gasteiger partial charge in [0.05, 0.1) is 22.0 Å². The Labute approximate surface area is 251 Å². The average Bonchev–Trinajstić information content (AvgIpc) is 3.80. The lowest BCUT2D eigenvalue weighted by Crippen LogP contribution is -2.11. The van der Waals surface area contributed by atoms with Crippen LogP contribution in [0.15, 0.2) is 107 Å². The number of phenolic OH excluding ortho intramolecular Hbond substituents is 1. The Balaban J connectivity index is 1.39. The maximum absolute atomic E-state index is 13.1. The Morgan fingerprint density at radius 2 is 1.86 bits per heavy atom. The van der Waals surface area contributed by atoms with Crippen LogP contribution in [0.2, 0.25) is 0 Å². The number of para-hydroxylation sites is 2. The van der Waals surface area contributed by atoms with Crippen molar-refractivity contribution in [2.24, 2.45) is 10.2 Å². The fourth-order valence-corrected chi connectivity index (χ4v) is 6.15. The highest BCUT2D eigenvalue weighted by molar-refractivity contribution is 7.21. The third-order valence-corrected chi connectivity index (χ3v) is 8.43. The van der Waals surface area contributed by atoms with Crippen molar-refractivity contribution in [3.63, 3.8) is 0 Å². The zero-order valence-corrected chi connectivity index (χ0v) is 23.7. The summed E-state index contributed by atoms with van der Waals surface area (Å²) in [4.78, 5) is 22.1. The lowest BCUT2D eigenvalue weighted by molar-refractivity contribution is 0.102. The summed E-state index contributed by atoms with van der Waals surface area (Å²) in [6.07, 6.45) is 3.02. The van der Waals surface area contributed by atoms with Crippen molar-refractivity contribution in [1.82, 2.24) is 19.7 Å². The van der Waals surface area contributed by atoms with Crippen molar-refractivity contribution in [2.45, 2.75) is 0 Å². The molecule has 4 aromatic carbocycles. The van der Waals surface area contributed by atoms with Crippen LogP contribution in [0.5, 0.6) is 5.75 Å². The number of amides is 1. The van der Waals surface area contributed by atoms with Gasteiger partial charge in [0, 0.05) is 28.2 Å². The minimum atomic E-state index is -0.281. The third kappa shape index (κ3) is 4.88. The molecule has 3 heterocycles. The maximum atomic E-state index is 13.1. The van der Waals surface area contributed by atoms with Crippen molar-refractivity contribution in [3.05, 3.63) is 108 Å². The molecule has 7 rings (SSSR count). The largest absolute Gasteiger partial charge is 0.505 e. The number of aromatic nitrogens is 4. The Morgan fingerprint density at radius 3 is 2.65 bits per heavy atom. The number of anilines is 1. The minimum absolute atomic E-state index is 0.129. The molecule has 0 atom stereocenters. The number of rotatable bonds is 6. The van der Waals surface area contributed by atoms with E-state index < -0.39 is 0 Å². The van der Waals surface area contributed by atoms with Crippen LogP contribution in [-0.2, 0) is 0 Å². The van der Waals surface area contributed by atoms with E-state index in [1.54, 1.807) is 35.8 Å². The molecule has 0 radical (unpaired) electrons. The molecule has 0 aliphatic heterocycles. The van der Waals surface area contributed by atoms with Crippen LogP contribution in [0.25, 0.3) is 36.7 Å². The van der Waals surface area contributed by atoms with E-state index in [0.29, 0.717) is 37.7 Å². The number of nitriles is 1. The summed E-state index contributed by atoms with van der Waals surface area (Å²) in [5.74, 6) is -0.234. The predicted molar refractivity (Wildman–Crippen MR) is 167 cm³/mol. The summed E-state index contributed by atoms with van der Waals surface area (Å²) in [7, 11) is 0. The molecule has 43 heavy (non-hydrogen) atoms. The van der Waals surface area contributed by atoms with Gasteiger partial charge in [0.2, 0.25) is 5.13 Å². The smallest absolute Gasteiger partial charge is 0.255 e. The van der Waals surface area contributed by atoms with Gasteiger partial charge < -0.3 is 10.4 Å². The molecule has 206 valence electrons. The van der Waals surface area contributed by atoms with Gasteiger partial charge in [-0.3, -0.25) is 4.79 Å². The van der Waals surface area contributed by atoms with Gasteiger partial charge in [-0.25, -0.2) is 9.97 Å². The highest BCUT2D eigenvalue weighted by Crippen LogP contribution is 2.46. The molecule has 0 fully saturated rings. The van der Waals surface area contributed by atoms with Crippen molar-refractivity contribution in [3.8, 4) is 27.5 Å². The molecular formula is C31H18N8O2S2. The number of benzene rings is 4. The average molecular weight is 599 g/mol. The molecule has 0 unspecified atom stereocenters. The van der Waals surface area contributed by atoms with Gasteiger partial charge in [-0.1, -0.05) is 36.4 Å². The molecule has 0 aliphatic carbocycles. The molecular weight excluding hydrogens is 581 g/mol. The molecule has 0 spiro atoms. The summed E-state index contributed by atoms with van der Waals surface area (Å²) in [6, 6.07) is 25.9. The quantitative estimate of drug-likeness (QED) is 0.186. The van der Waals surface area contributed by atoms with Gasteiger partial charge in [-0.15, -0.1) is 32.9 Å². The first-order chi connectivity index (χ1) is 21.1. The molecule has 0 saturated carbocycles.